The van der Waals surface area contributed by atoms with E-state index in [4.69, 9.17) is 5.11 Å². The molecule has 0 aliphatic carbocycles. The van der Waals surface area contributed by atoms with E-state index < -0.39 is 0 Å². The van der Waals surface area contributed by atoms with Gasteiger partial charge in [0, 0.05) is 23.7 Å². The van der Waals surface area contributed by atoms with Gasteiger partial charge in [0.05, 0.1) is 6.61 Å². The summed E-state index contributed by atoms with van der Waals surface area (Å²) in [6.07, 6.45) is 5.23. The van der Waals surface area contributed by atoms with Crippen LogP contribution in [0.15, 0.2) is 17.2 Å². The molecule has 0 saturated carbocycles. The second-order valence-corrected chi connectivity index (χ2v) is 3.95. The molecule has 1 heterocycles. The van der Waals surface area contributed by atoms with Crippen LogP contribution in [0.5, 0.6) is 0 Å². The molecule has 4 nitrogen and oxygen atoms in total. The molecule has 2 unspecified atom stereocenters. The standard InChI is InChI=1S/C8H14N2O2S/c1-6(7(5-11)13-2)10-4-3-9-8(10)12/h3-4,6-7,11H,5H2,1-2H3,(H,9,12). The van der Waals surface area contributed by atoms with Crippen molar-refractivity contribution in [3.63, 3.8) is 0 Å². The number of nitrogens with zero attached hydrogens (tertiary/aromatic N) is 1. The number of thioether (sulfide) groups is 1. The summed E-state index contributed by atoms with van der Waals surface area (Å²) >= 11 is 1.56. The number of aliphatic hydroxyl groups is 1. The number of aromatic amines is 1. The largest absolute Gasteiger partial charge is 0.395 e. The predicted octanol–water partition coefficient (Wildman–Crippen LogP) is 0.461. The number of hydrogen-bond acceptors (Lipinski definition) is 3. The van der Waals surface area contributed by atoms with Gasteiger partial charge in [0.1, 0.15) is 0 Å². The number of nitrogens with one attached hydrogen (secondary N) is 1. The third-order valence-corrected chi connectivity index (χ3v) is 3.28. The molecule has 1 aromatic heterocycles. The highest BCUT2D eigenvalue weighted by atomic mass is 32.2. The first-order chi connectivity index (χ1) is 6.20. The fraction of sp³-hybridized carbons (Fsp3) is 0.625. The molecule has 0 spiro atoms. The maximum atomic E-state index is 11.2. The van der Waals surface area contributed by atoms with Gasteiger partial charge in [-0.1, -0.05) is 0 Å². The summed E-state index contributed by atoms with van der Waals surface area (Å²) in [4.78, 5) is 13.8. The lowest BCUT2D eigenvalue weighted by Crippen LogP contribution is -2.28. The van der Waals surface area contributed by atoms with Gasteiger partial charge in [-0.2, -0.15) is 11.8 Å². The Morgan fingerprint density at radius 2 is 2.46 bits per heavy atom. The second kappa shape index (κ2) is 4.53. The molecule has 1 aromatic rings. The van der Waals surface area contributed by atoms with Crippen LogP contribution in [-0.4, -0.2) is 32.8 Å². The fourth-order valence-corrected chi connectivity index (χ4v) is 1.93. The summed E-state index contributed by atoms with van der Waals surface area (Å²) in [7, 11) is 0. The highest BCUT2D eigenvalue weighted by molar-refractivity contribution is 7.99. The van der Waals surface area contributed by atoms with Crippen LogP contribution in [0.2, 0.25) is 0 Å². The van der Waals surface area contributed by atoms with Gasteiger partial charge in [-0.25, -0.2) is 4.79 Å². The maximum Gasteiger partial charge on any atom is 0.325 e. The SMILES string of the molecule is CSC(CO)C(C)n1cc[nH]c1=O. The molecule has 1 rings (SSSR count). The van der Waals surface area contributed by atoms with Crippen molar-refractivity contribution in [3.05, 3.63) is 22.9 Å². The van der Waals surface area contributed by atoms with Crippen LogP contribution in [0.25, 0.3) is 0 Å². The molecule has 0 aromatic carbocycles. The maximum absolute atomic E-state index is 11.2. The molecule has 13 heavy (non-hydrogen) atoms. The molecule has 0 fully saturated rings. The number of hydrogen-bond donors (Lipinski definition) is 2. The molecule has 5 heteroatoms. The lowest BCUT2D eigenvalue weighted by Gasteiger charge is -2.20. The zero-order valence-corrected chi connectivity index (χ0v) is 8.54. The number of imidazole rings is 1. The molecule has 0 aliphatic rings. The van der Waals surface area contributed by atoms with Crippen LogP contribution in [0.3, 0.4) is 0 Å². The van der Waals surface area contributed by atoms with Crippen LogP contribution in [0.1, 0.15) is 13.0 Å². The van der Waals surface area contributed by atoms with Gasteiger partial charge < -0.3 is 10.1 Å². The quantitative estimate of drug-likeness (QED) is 0.746. The van der Waals surface area contributed by atoms with Gasteiger partial charge in [0.15, 0.2) is 0 Å². The second-order valence-electron chi connectivity index (χ2n) is 2.87. The van der Waals surface area contributed by atoms with E-state index >= 15 is 0 Å². The van der Waals surface area contributed by atoms with Crippen LogP contribution in [-0.2, 0) is 0 Å². The Balaban J connectivity index is 2.83. The van der Waals surface area contributed by atoms with E-state index in [2.05, 4.69) is 4.98 Å². The van der Waals surface area contributed by atoms with Gasteiger partial charge in [0.25, 0.3) is 0 Å². The van der Waals surface area contributed by atoms with Gasteiger partial charge >= 0.3 is 5.69 Å². The van der Waals surface area contributed by atoms with Crippen molar-refractivity contribution in [2.24, 2.45) is 0 Å². The molecule has 0 amide bonds. The Hall–Kier alpha value is -0.680. The molecule has 0 bridgehead atoms. The minimum absolute atomic E-state index is 0.0127. The van der Waals surface area contributed by atoms with Gasteiger partial charge in [-0.05, 0) is 13.2 Å². The Morgan fingerprint density at radius 1 is 1.77 bits per heavy atom. The summed E-state index contributed by atoms with van der Waals surface area (Å²) < 4.78 is 1.59. The van der Waals surface area contributed by atoms with Crippen molar-refractivity contribution < 1.29 is 5.11 Å². The van der Waals surface area contributed by atoms with Crippen molar-refractivity contribution >= 4 is 11.8 Å². The Kier molecular flexibility index (Phi) is 3.62. The van der Waals surface area contributed by atoms with Crippen molar-refractivity contribution in [2.75, 3.05) is 12.9 Å². The van der Waals surface area contributed by atoms with Crippen LogP contribution >= 0.6 is 11.8 Å². The third kappa shape index (κ3) is 2.16. The lowest BCUT2D eigenvalue weighted by molar-refractivity contribution is 0.269. The lowest BCUT2D eigenvalue weighted by atomic mass is 10.2. The number of rotatable bonds is 4. The summed E-state index contributed by atoms with van der Waals surface area (Å²) in [6, 6.07) is 0.0127. The molecule has 0 radical (unpaired) electrons. The molecule has 74 valence electrons. The van der Waals surface area contributed by atoms with Gasteiger partial charge in [-0.15, -0.1) is 0 Å². The van der Waals surface area contributed by atoms with E-state index in [0.29, 0.717) is 0 Å². The molecular formula is C8H14N2O2S. The molecular weight excluding hydrogens is 188 g/mol. The smallest absolute Gasteiger partial charge is 0.325 e. The van der Waals surface area contributed by atoms with E-state index in [9.17, 15) is 4.79 Å². The van der Waals surface area contributed by atoms with E-state index in [1.807, 2.05) is 13.2 Å². The fourth-order valence-electron chi connectivity index (χ4n) is 1.25. The topological polar surface area (TPSA) is 58.0 Å². The van der Waals surface area contributed by atoms with E-state index in [1.54, 1.807) is 28.7 Å². The summed E-state index contributed by atoms with van der Waals surface area (Å²) in [5.41, 5.74) is -0.125. The minimum atomic E-state index is -0.125. The van der Waals surface area contributed by atoms with Crippen molar-refractivity contribution in [3.8, 4) is 0 Å². The van der Waals surface area contributed by atoms with Crippen molar-refractivity contribution in [1.82, 2.24) is 9.55 Å². The van der Waals surface area contributed by atoms with Crippen LogP contribution < -0.4 is 5.69 Å². The average molecular weight is 202 g/mol. The monoisotopic (exact) mass is 202 g/mol. The number of aliphatic hydroxyl groups excluding tert-OH is 1. The average Bonchev–Trinajstić information content (AvgIpc) is 2.53. The number of H-pyrrole nitrogens is 1. The summed E-state index contributed by atoms with van der Waals surface area (Å²) in [5, 5.41) is 9.10. The van der Waals surface area contributed by atoms with Crippen molar-refractivity contribution in [1.29, 1.82) is 0 Å². The number of aromatic nitrogens is 2. The first-order valence-electron chi connectivity index (χ1n) is 4.10. The summed E-state index contributed by atoms with van der Waals surface area (Å²) in [5.74, 6) is 0. The highest BCUT2D eigenvalue weighted by Crippen LogP contribution is 2.19. The van der Waals surface area contributed by atoms with Crippen LogP contribution in [0.4, 0.5) is 0 Å². The first kappa shape index (κ1) is 10.4. The zero-order valence-electron chi connectivity index (χ0n) is 7.73. The Labute approximate surface area is 81.0 Å². The highest BCUT2D eigenvalue weighted by Gasteiger charge is 2.17. The Bertz CT molecular complexity index is 303. The van der Waals surface area contributed by atoms with Crippen LogP contribution in [0, 0.1) is 0 Å². The first-order valence-corrected chi connectivity index (χ1v) is 5.38. The van der Waals surface area contributed by atoms with Crippen molar-refractivity contribution in [2.45, 2.75) is 18.2 Å². The molecule has 2 atom stereocenters. The van der Waals surface area contributed by atoms with E-state index in [0.717, 1.165) is 0 Å². The summed E-state index contributed by atoms with van der Waals surface area (Å²) in [6.45, 7) is 2.01. The molecule has 2 N–H and O–H groups in total. The third-order valence-electron chi connectivity index (χ3n) is 2.14. The normalized spacial score (nSPS) is 15.6. The Morgan fingerprint density at radius 3 is 2.85 bits per heavy atom. The minimum Gasteiger partial charge on any atom is -0.395 e. The molecule has 0 aliphatic heterocycles. The van der Waals surface area contributed by atoms with E-state index in [-0.39, 0.29) is 23.6 Å². The van der Waals surface area contributed by atoms with E-state index in [1.165, 1.54) is 0 Å². The zero-order chi connectivity index (χ0) is 9.84. The predicted molar refractivity (Wildman–Crippen MR) is 54.2 cm³/mol. The molecule has 0 saturated heterocycles. The van der Waals surface area contributed by atoms with Gasteiger partial charge in [-0.3, -0.25) is 4.57 Å². The van der Waals surface area contributed by atoms with Gasteiger partial charge in [0.2, 0.25) is 0 Å².